The zero-order valence-corrected chi connectivity index (χ0v) is 16.0. The number of aromatic nitrogens is 2. The van der Waals surface area contributed by atoms with Crippen molar-refractivity contribution in [2.24, 2.45) is 5.41 Å². The largest absolute Gasteiger partial charge is 0.387 e. The maximum Gasteiger partial charge on any atom is 0.272 e. The molecule has 1 aromatic rings. The number of piperidine rings is 1. The van der Waals surface area contributed by atoms with Gasteiger partial charge in [-0.2, -0.15) is 5.10 Å². The fourth-order valence-electron chi connectivity index (χ4n) is 3.39. The van der Waals surface area contributed by atoms with E-state index in [0.717, 1.165) is 5.69 Å². The number of carbonyl (C=O) groups is 1. The van der Waals surface area contributed by atoms with Gasteiger partial charge in [0.05, 0.1) is 31.1 Å². The molecule has 0 bridgehead atoms. The number of methoxy groups -OCH3 is 1. The van der Waals surface area contributed by atoms with Crippen molar-refractivity contribution in [2.75, 3.05) is 40.0 Å². The van der Waals surface area contributed by atoms with E-state index in [0.29, 0.717) is 45.0 Å². The second kappa shape index (κ2) is 7.85. The Labute approximate surface area is 149 Å². The van der Waals surface area contributed by atoms with Crippen LogP contribution in [0.4, 0.5) is 0 Å². The Balaban J connectivity index is 2.14. The molecule has 1 amide bonds. The molecule has 0 spiro atoms. The molecule has 1 N–H and O–H groups in total. The first kappa shape index (κ1) is 19.9. The van der Waals surface area contributed by atoms with Crippen molar-refractivity contribution in [3.8, 4) is 0 Å². The molecule has 1 saturated heterocycles. The van der Waals surface area contributed by atoms with E-state index in [-0.39, 0.29) is 12.5 Å². The highest BCUT2D eigenvalue weighted by molar-refractivity contribution is 5.92. The van der Waals surface area contributed by atoms with E-state index >= 15 is 0 Å². The fraction of sp³-hybridized carbons (Fsp3) is 0.778. The molecule has 7 nitrogen and oxygen atoms in total. The van der Waals surface area contributed by atoms with Gasteiger partial charge in [0.15, 0.2) is 0 Å². The van der Waals surface area contributed by atoms with Crippen molar-refractivity contribution < 1.29 is 19.4 Å². The van der Waals surface area contributed by atoms with Gasteiger partial charge in [-0.15, -0.1) is 0 Å². The lowest BCUT2D eigenvalue weighted by molar-refractivity contribution is -0.144. The SMILES string of the molecule is CCOCCn1nc(C)cc1C(=O)N1CCC(O)(COC)C(C)(C)C1. The lowest BCUT2D eigenvalue weighted by atomic mass is 9.70. The average molecular weight is 353 g/mol. The van der Waals surface area contributed by atoms with Crippen LogP contribution < -0.4 is 0 Å². The molecule has 2 rings (SSSR count). The van der Waals surface area contributed by atoms with Crippen LogP contribution >= 0.6 is 0 Å². The molecular weight excluding hydrogens is 322 g/mol. The van der Waals surface area contributed by atoms with Gasteiger partial charge in [-0.3, -0.25) is 9.48 Å². The lowest BCUT2D eigenvalue weighted by Crippen LogP contribution is -2.60. The van der Waals surface area contributed by atoms with Gasteiger partial charge >= 0.3 is 0 Å². The van der Waals surface area contributed by atoms with Crippen molar-refractivity contribution in [3.63, 3.8) is 0 Å². The molecule has 1 aromatic heterocycles. The third-order valence-corrected chi connectivity index (χ3v) is 5.08. The summed E-state index contributed by atoms with van der Waals surface area (Å²) in [5.74, 6) is -0.0513. The van der Waals surface area contributed by atoms with E-state index in [1.807, 2.05) is 33.8 Å². The van der Waals surface area contributed by atoms with Crippen LogP contribution in [0.25, 0.3) is 0 Å². The summed E-state index contributed by atoms with van der Waals surface area (Å²) in [6.45, 7) is 10.7. The monoisotopic (exact) mass is 353 g/mol. The second-order valence-corrected chi connectivity index (χ2v) is 7.42. The van der Waals surface area contributed by atoms with Crippen molar-refractivity contribution in [2.45, 2.75) is 46.3 Å². The van der Waals surface area contributed by atoms with Crippen LogP contribution in [-0.2, 0) is 16.0 Å². The molecule has 142 valence electrons. The summed E-state index contributed by atoms with van der Waals surface area (Å²) in [5.41, 5.74) is 0.00315. The summed E-state index contributed by atoms with van der Waals surface area (Å²) in [7, 11) is 1.59. The molecular formula is C18H31N3O4. The predicted octanol–water partition coefficient (Wildman–Crippen LogP) is 1.48. The highest BCUT2D eigenvalue weighted by atomic mass is 16.5. The maximum atomic E-state index is 13.0. The van der Waals surface area contributed by atoms with Crippen LogP contribution in [0.1, 0.15) is 43.4 Å². The van der Waals surface area contributed by atoms with E-state index in [1.54, 1.807) is 16.7 Å². The molecule has 1 fully saturated rings. The van der Waals surface area contributed by atoms with E-state index in [4.69, 9.17) is 9.47 Å². The van der Waals surface area contributed by atoms with E-state index in [2.05, 4.69) is 5.10 Å². The minimum atomic E-state index is -0.927. The van der Waals surface area contributed by atoms with Gasteiger partial charge in [-0.1, -0.05) is 13.8 Å². The first-order valence-electron chi connectivity index (χ1n) is 8.87. The quantitative estimate of drug-likeness (QED) is 0.752. The van der Waals surface area contributed by atoms with Crippen molar-refractivity contribution >= 4 is 5.91 Å². The summed E-state index contributed by atoms with van der Waals surface area (Å²) in [5, 5.41) is 15.3. The van der Waals surface area contributed by atoms with Crippen LogP contribution in [0, 0.1) is 12.3 Å². The number of aliphatic hydroxyl groups is 1. The van der Waals surface area contributed by atoms with E-state index in [9.17, 15) is 9.90 Å². The molecule has 0 radical (unpaired) electrons. The summed E-state index contributed by atoms with van der Waals surface area (Å²) in [6.07, 6.45) is 0.492. The highest BCUT2D eigenvalue weighted by Crippen LogP contribution is 2.39. The van der Waals surface area contributed by atoms with Crippen LogP contribution in [0.15, 0.2) is 6.07 Å². The van der Waals surface area contributed by atoms with Crippen molar-refractivity contribution in [1.29, 1.82) is 0 Å². The molecule has 1 atom stereocenters. The Hall–Kier alpha value is -1.44. The number of amides is 1. The zero-order chi connectivity index (χ0) is 18.7. The van der Waals surface area contributed by atoms with Crippen molar-refractivity contribution in [1.82, 2.24) is 14.7 Å². The topological polar surface area (TPSA) is 76.8 Å². The number of aryl methyl sites for hydroxylation is 1. The standard InChI is InChI=1S/C18H31N3O4/c1-6-25-10-9-21-15(11-14(2)19-21)16(22)20-8-7-18(23,13-24-5)17(3,4)12-20/h11,23H,6-10,12-13H2,1-5H3. The molecule has 2 heterocycles. The average Bonchev–Trinajstić information content (AvgIpc) is 2.91. The third-order valence-electron chi connectivity index (χ3n) is 5.08. The molecule has 7 heteroatoms. The Morgan fingerprint density at radius 1 is 1.44 bits per heavy atom. The molecule has 1 aliphatic heterocycles. The Morgan fingerprint density at radius 2 is 2.16 bits per heavy atom. The normalized spacial score (nSPS) is 23.0. The number of carbonyl (C=O) groups excluding carboxylic acids is 1. The lowest BCUT2D eigenvalue weighted by Gasteiger charge is -2.49. The maximum absolute atomic E-state index is 13.0. The van der Waals surface area contributed by atoms with Crippen molar-refractivity contribution in [3.05, 3.63) is 17.5 Å². The number of hydrogen-bond donors (Lipinski definition) is 1. The predicted molar refractivity (Wildman–Crippen MR) is 94.6 cm³/mol. The van der Waals surface area contributed by atoms with Gasteiger partial charge in [0.1, 0.15) is 5.69 Å². The van der Waals surface area contributed by atoms with Gasteiger partial charge in [-0.05, 0) is 26.3 Å². The van der Waals surface area contributed by atoms with Gasteiger partial charge in [0.25, 0.3) is 5.91 Å². The van der Waals surface area contributed by atoms with Gasteiger partial charge in [0.2, 0.25) is 0 Å². The van der Waals surface area contributed by atoms with Gasteiger partial charge in [-0.25, -0.2) is 0 Å². The minimum Gasteiger partial charge on any atom is -0.387 e. The molecule has 0 aliphatic carbocycles. The first-order chi connectivity index (χ1) is 11.7. The van der Waals surface area contributed by atoms with Crippen LogP contribution in [0.2, 0.25) is 0 Å². The second-order valence-electron chi connectivity index (χ2n) is 7.42. The molecule has 0 saturated carbocycles. The summed E-state index contributed by atoms with van der Waals surface area (Å²) in [6, 6.07) is 1.82. The van der Waals surface area contributed by atoms with Crippen LogP contribution in [0.3, 0.4) is 0 Å². The zero-order valence-electron chi connectivity index (χ0n) is 16.0. The smallest absolute Gasteiger partial charge is 0.272 e. The third kappa shape index (κ3) is 4.22. The van der Waals surface area contributed by atoms with E-state index < -0.39 is 11.0 Å². The fourth-order valence-corrected chi connectivity index (χ4v) is 3.39. The Kier molecular flexibility index (Phi) is 6.24. The summed E-state index contributed by atoms with van der Waals surface area (Å²) in [4.78, 5) is 14.8. The van der Waals surface area contributed by atoms with E-state index in [1.165, 1.54) is 0 Å². The Morgan fingerprint density at radius 3 is 2.76 bits per heavy atom. The molecule has 1 unspecified atom stereocenters. The van der Waals surface area contributed by atoms with Gasteiger partial charge < -0.3 is 19.5 Å². The number of ether oxygens (including phenoxy) is 2. The molecule has 1 aliphatic rings. The van der Waals surface area contributed by atoms with Gasteiger partial charge in [0, 0.05) is 32.2 Å². The number of rotatable bonds is 7. The summed E-state index contributed by atoms with van der Waals surface area (Å²) >= 11 is 0. The van der Waals surface area contributed by atoms with Crippen LogP contribution in [0.5, 0.6) is 0 Å². The number of hydrogen-bond acceptors (Lipinski definition) is 5. The minimum absolute atomic E-state index is 0.0513. The first-order valence-corrected chi connectivity index (χ1v) is 8.87. The molecule has 0 aromatic carbocycles. The number of likely N-dealkylation sites (tertiary alicyclic amines) is 1. The van der Waals surface area contributed by atoms with Crippen LogP contribution in [-0.4, -0.2) is 71.3 Å². The Bertz CT molecular complexity index is 599. The number of nitrogens with zero attached hydrogens (tertiary/aromatic N) is 3. The molecule has 25 heavy (non-hydrogen) atoms. The highest BCUT2D eigenvalue weighted by Gasteiger charge is 2.48. The summed E-state index contributed by atoms with van der Waals surface area (Å²) < 4.78 is 12.3.